The van der Waals surface area contributed by atoms with Gasteiger partial charge in [-0.25, -0.2) is 14.6 Å². The lowest BCUT2D eigenvalue weighted by atomic mass is 10.0. The maximum atomic E-state index is 12.9. The number of nitrogens with one attached hydrogen (secondary N) is 3. The number of nitrogens with zero attached hydrogens (tertiary/aromatic N) is 2. The summed E-state index contributed by atoms with van der Waals surface area (Å²) in [6.07, 6.45) is 4.02. The summed E-state index contributed by atoms with van der Waals surface area (Å²) in [5.74, 6) is -2.46. The van der Waals surface area contributed by atoms with Gasteiger partial charge in [-0.3, -0.25) is 19.2 Å². The molecule has 236 valence electrons. The average Bonchev–Trinajstić information content (AvgIpc) is 2.97. The van der Waals surface area contributed by atoms with Crippen LogP contribution in [0.2, 0.25) is 0 Å². The molecule has 3 aromatic rings. The Morgan fingerprint density at radius 2 is 1.58 bits per heavy atom. The molecule has 6 N–H and O–H groups in total. The van der Waals surface area contributed by atoms with Crippen LogP contribution in [0.25, 0.3) is 10.9 Å². The first-order valence-electron chi connectivity index (χ1n) is 13.8. The van der Waals surface area contributed by atoms with Gasteiger partial charge in [0.1, 0.15) is 17.9 Å². The Balaban J connectivity index is 1.67. The average molecular weight is 620 g/mol. The van der Waals surface area contributed by atoms with Gasteiger partial charge in [0, 0.05) is 30.6 Å². The first-order valence-corrected chi connectivity index (χ1v) is 13.8. The van der Waals surface area contributed by atoms with E-state index >= 15 is 0 Å². The summed E-state index contributed by atoms with van der Waals surface area (Å²) in [6.45, 7) is 4.18. The number of carboxylic acid groups (broad SMARTS) is 3. The van der Waals surface area contributed by atoms with Gasteiger partial charge in [-0.2, -0.15) is 0 Å². The Hall–Kier alpha value is -5.71. The molecule has 0 spiro atoms. The molecule has 14 heteroatoms. The van der Waals surface area contributed by atoms with E-state index in [4.69, 9.17) is 11.5 Å². The summed E-state index contributed by atoms with van der Waals surface area (Å²) in [7, 11) is 0. The Kier molecular flexibility index (Phi) is 11.4. The zero-order valence-corrected chi connectivity index (χ0v) is 24.6. The molecule has 0 saturated carbocycles. The van der Waals surface area contributed by atoms with Crippen molar-refractivity contribution < 1.29 is 39.3 Å². The molecule has 0 aliphatic heterocycles. The lowest BCUT2D eigenvalue weighted by molar-refractivity contribution is -0.143. The van der Waals surface area contributed by atoms with E-state index in [0.717, 1.165) is 11.1 Å². The SMILES string of the molecule is C#CCN(Cc1cc2c(=O)[nH]c(C)nc2cc1C)c1ccc(C(=O)N[C@@H](CCC(=O)N[C@H](CCC(=O)O)C(=O)O)C(=O)O)cc1. The number of aromatic nitrogens is 2. The molecular weight excluding hydrogens is 586 g/mol. The molecule has 0 bridgehead atoms. The summed E-state index contributed by atoms with van der Waals surface area (Å²) in [4.78, 5) is 80.3. The fourth-order valence-corrected chi connectivity index (χ4v) is 4.57. The van der Waals surface area contributed by atoms with Crippen LogP contribution in [0, 0.1) is 26.2 Å². The van der Waals surface area contributed by atoms with Crippen LogP contribution in [0.3, 0.4) is 0 Å². The van der Waals surface area contributed by atoms with Crippen molar-refractivity contribution in [3.63, 3.8) is 0 Å². The number of fused-ring (bicyclic) bond motifs is 1. The quantitative estimate of drug-likeness (QED) is 0.134. The lowest BCUT2D eigenvalue weighted by Gasteiger charge is -2.24. The molecule has 3 rings (SSSR count). The molecule has 1 aromatic heterocycles. The molecule has 0 fully saturated rings. The second-order valence-electron chi connectivity index (χ2n) is 10.3. The first-order chi connectivity index (χ1) is 21.3. The molecule has 0 saturated heterocycles. The largest absolute Gasteiger partial charge is 0.481 e. The molecule has 0 radical (unpaired) electrons. The van der Waals surface area contributed by atoms with E-state index in [1.54, 1.807) is 25.1 Å². The molecule has 2 amide bonds. The molecule has 2 atom stereocenters. The molecular formula is C31H33N5O9. The van der Waals surface area contributed by atoms with Crippen molar-refractivity contribution in [1.29, 1.82) is 0 Å². The highest BCUT2D eigenvalue weighted by Crippen LogP contribution is 2.22. The van der Waals surface area contributed by atoms with Crippen molar-refractivity contribution in [2.45, 2.75) is 58.2 Å². The van der Waals surface area contributed by atoms with Gasteiger partial charge in [0.25, 0.3) is 11.5 Å². The maximum absolute atomic E-state index is 12.9. The number of H-pyrrole nitrogens is 1. The predicted octanol–water partition coefficient (Wildman–Crippen LogP) is 1.58. The summed E-state index contributed by atoms with van der Waals surface area (Å²) in [5.41, 5.74) is 2.90. The van der Waals surface area contributed by atoms with E-state index in [9.17, 15) is 39.0 Å². The number of hydrogen-bond acceptors (Lipinski definition) is 8. The lowest BCUT2D eigenvalue weighted by Crippen LogP contribution is -2.44. The van der Waals surface area contributed by atoms with Crippen LogP contribution in [0.5, 0.6) is 0 Å². The number of carbonyl (C=O) groups is 5. The van der Waals surface area contributed by atoms with Gasteiger partial charge < -0.3 is 35.8 Å². The summed E-state index contributed by atoms with van der Waals surface area (Å²) < 4.78 is 0. The van der Waals surface area contributed by atoms with Crippen LogP contribution in [-0.4, -0.2) is 73.6 Å². The van der Waals surface area contributed by atoms with Crippen molar-refractivity contribution in [3.05, 3.63) is 69.3 Å². The van der Waals surface area contributed by atoms with Crippen LogP contribution in [0.4, 0.5) is 5.69 Å². The maximum Gasteiger partial charge on any atom is 0.326 e. The van der Waals surface area contributed by atoms with Gasteiger partial charge in [-0.15, -0.1) is 6.42 Å². The molecule has 2 aromatic carbocycles. The number of rotatable bonds is 15. The fraction of sp³-hybridized carbons (Fsp3) is 0.323. The van der Waals surface area contributed by atoms with Crippen LogP contribution >= 0.6 is 0 Å². The number of aromatic amines is 1. The van der Waals surface area contributed by atoms with Gasteiger partial charge in [0.2, 0.25) is 5.91 Å². The van der Waals surface area contributed by atoms with Crippen molar-refractivity contribution in [3.8, 4) is 12.3 Å². The van der Waals surface area contributed by atoms with Gasteiger partial charge >= 0.3 is 17.9 Å². The van der Waals surface area contributed by atoms with Gasteiger partial charge in [-0.05, 0) is 74.2 Å². The van der Waals surface area contributed by atoms with Crippen molar-refractivity contribution >= 4 is 46.3 Å². The third kappa shape index (κ3) is 9.39. The number of hydrogen-bond donors (Lipinski definition) is 6. The molecule has 0 aliphatic carbocycles. The van der Waals surface area contributed by atoms with E-state index in [2.05, 4.69) is 26.5 Å². The van der Waals surface area contributed by atoms with E-state index in [1.807, 2.05) is 17.9 Å². The number of anilines is 1. The predicted molar refractivity (Wildman–Crippen MR) is 163 cm³/mol. The highest BCUT2D eigenvalue weighted by Gasteiger charge is 2.25. The standard InChI is InChI=1S/C31H33N5O9/c1-4-13-36(16-20-15-22-25(14-17(20)2)32-18(3)33-29(22)41)21-7-5-19(6-8-21)28(40)35-24(31(44)45)9-11-26(37)34-23(30(42)43)10-12-27(38)39/h1,5-8,14-15,23-24H,9-13,16H2,2-3H3,(H,34,37)(H,35,40)(H,38,39)(H,42,43)(H,44,45)(H,32,33,41)/t23-,24+/m1/s1. The molecule has 14 nitrogen and oxygen atoms in total. The highest BCUT2D eigenvalue weighted by atomic mass is 16.4. The minimum atomic E-state index is -1.46. The molecule has 0 aliphatic rings. The van der Waals surface area contributed by atoms with E-state index in [-0.39, 0.29) is 30.5 Å². The van der Waals surface area contributed by atoms with Crippen LogP contribution < -0.4 is 21.1 Å². The zero-order valence-electron chi connectivity index (χ0n) is 24.6. The van der Waals surface area contributed by atoms with Crippen molar-refractivity contribution in [1.82, 2.24) is 20.6 Å². The Morgan fingerprint density at radius 1 is 0.956 bits per heavy atom. The molecule has 45 heavy (non-hydrogen) atoms. The van der Waals surface area contributed by atoms with Crippen LogP contribution in [0.1, 0.15) is 53.0 Å². The van der Waals surface area contributed by atoms with Gasteiger partial charge in [-0.1, -0.05) is 5.92 Å². The fourth-order valence-electron chi connectivity index (χ4n) is 4.57. The zero-order chi connectivity index (χ0) is 33.3. The Bertz CT molecular complexity index is 1710. The molecule has 0 unspecified atom stereocenters. The number of terminal acetylenes is 1. The number of aryl methyl sites for hydroxylation is 2. The van der Waals surface area contributed by atoms with Crippen LogP contribution in [-0.2, 0) is 25.7 Å². The number of aliphatic carboxylic acids is 3. The Morgan fingerprint density at radius 3 is 2.18 bits per heavy atom. The van der Waals surface area contributed by atoms with Crippen molar-refractivity contribution in [2.75, 3.05) is 11.4 Å². The van der Waals surface area contributed by atoms with Gasteiger partial charge in [0.05, 0.1) is 17.4 Å². The minimum absolute atomic E-state index is 0.143. The third-order valence-corrected chi connectivity index (χ3v) is 6.96. The monoisotopic (exact) mass is 619 g/mol. The first kappa shape index (κ1) is 33.8. The topological polar surface area (TPSA) is 219 Å². The summed E-state index contributed by atoms with van der Waals surface area (Å²) in [5, 5.41) is 32.5. The second-order valence-corrected chi connectivity index (χ2v) is 10.3. The van der Waals surface area contributed by atoms with E-state index in [0.29, 0.717) is 29.0 Å². The third-order valence-electron chi connectivity index (χ3n) is 6.96. The number of carbonyl (C=O) groups excluding carboxylic acids is 2. The van der Waals surface area contributed by atoms with Gasteiger partial charge in [0.15, 0.2) is 0 Å². The normalized spacial score (nSPS) is 12.0. The summed E-state index contributed by atoms with van der Waals surface area (Å²) >= 11 is 0. The van der Waals surface area contributed by atoms with E-state index in [1.165, 1.54) is 12.1 Å². The number of benzene rings is 2. The number of amides is 2. The highest BCUT2D eigenvalue weighted by molar-refractivity contribution is 5.97. The summed E-state index contributed by atoms with van der Waals surface area (Å²) in [6, 6.07) is 6.97. The van der Waals surface area contributed by atoms with Crippen LogP contribution in [0.15, 0.2) is 41.2 Å². The second kappa shape index (κ2) is 15.1. The molecule has 1 heterocycles. The smallest absolute Gasteiger partial charge is 0.326 e. The van der Waals surface area contributed by atoms with Crippen molar-refractivity contribution in [2.24, 2.45) is 0 Å². The Labute approximate surface area is 257 Å². The number of carboxylic acids is 3. The minimum Gasteiger partial charge on any atom is -0.481 e. The van der Waals surface area contributed by atoms with E-state index < -0.39 is 54.6 Å².